The van der Waals surface area contributed by atoms with Crippen molar-refractivity contribution in [2.24, 2.45) is 4.99 Å². The van der Waals surface area contributed by atoms with Gasteiger partial charge in [-0.25, -0.2) is 0 Å². The molecule has 16 heavy (non-hydrogen) atoms. The van der Waals surface area contributed by atoms with Crippen LogP contribution in [0.4, 0.5) is 0 Å². The van der Waals surface area contributed by atoms with Gasteiger partial charge in [-0.2, -0.15) is 0 Å². The van der Waals surface area contributed by atoms with E-state index in [1.165, 1.54) is 44.9 Å². The number of hydrogen-bond donors (Lipinski definition) is 0. The summed E-state index contributed by atoms with van der Waals surface area (Å²) in [4.78, 5) is 7.26. The van der Waals surface area contributed by atoms with Gasteiger partial charge < -0.3 is 0 Å². The van der Waals surface area contributed by atoms with Crippen LogP contribution in [0.25, 0.3) is 0 Å². The molecule has 0 spiro atoms. The predicted molar refractivity (Wildman–Crippen MR) is 72.2 cm³/mol. The fourth-order valence-corrected chi connectivity index (χ4v) is 2.99. The van der Waals surface area contributed by atoms with Gasteiger partial charge in [0.1, 0.15) is 0 Å². The Morgan fingerprint density at radius 3 is 2.19 bits per heavy atom. The molecule has 0 saturated heterocycles. The van der Waals surface area contributed by atoms with E-state index in [1.54, 1.807) is 0 Å². The molecule has 0 unspecified atom stereocenters. The van der Waals surface area contributed by atoms with Crippen LogP contribution in [0.2, 0.25) is 0 Å². The van der Waals surface area contributed by atoms with Crippen molar-refractivity contribution >= 4 is 20.7 Å². The van der Waals surface area contributed by atoms with Gasteiger partial charge in [0.25, 0.3) is 0 Å². The van der Waals surface area contributed by atoms with Gasteiger partial charge >= 0.3 is 109 Å². The molecular weight excluding hydrogens is 263 g/mol. The average molecular weight is 288 g/mol. The Balaban J connectivity index is 2.49. The van der Waals surface area contributed by atoms with Gasteiger partial charge in [-0.1, -0.05) is 0 Å². The van der Waals surface area contributed by atoms with Gasteiger partial charge in [0.15, 0.2) is 0 Å². The fraction of sp³-hybridized carbons (Fsp3) is 0.923. The van der Waals surface area contributed by atoms with Crippen LogP contribution in [-0.2, 0) is 0 Å². The van der Waals surface area contributed by atoms with Crippen molar-refractivity contribution in [2.75, 3.05) is 13.1 Å². The zero-order chi connectivity index (χ0) is 11.8. The van der Waals surface area contributed by atoms with Crippen LogP contribution < -0.4 is 0 Å². The molecule has 1 fully saturated rings. The summed E-state index contributed by atoms with van der Waals surface area (Å²) in [6, 6.07) is 0.584. The third-order valence-electron chi connectivity index (χ3n) is 3.13. The van der Waals surface area contributed by atoms with Crippen LogP contribution in [0.3, 0.4) is 0 Å². The second-order valence-electron chi connectivity index (χ2n) is 4.69. The van der Waals surface area contributed by atoms with Crippen LogP contribution in [0.1, 0.15) is 58.8 Å². The Morgan fingerprint density at radius 2 is 1.69 bits per heavy atom. The topological polar surface area (TPSA) is 15.6 Å². The number of rotatable bonds is 5. The fourth-order valence-electron chi connectivity index (χ4n) is 2.29. The van der Waals surface area contributed by atoms with E-state index >= 15 is 0 Å². The first-order chi connectivity index (χ1) is 7.77. The molecule has 1 saturated carbocycles. The maximum atomic E-state index is 4.86. The van der Waals surface area contributed by atoms with E-state index in [9.17, 15) is 0 Å². The molecule has 0 aromatic heterocycles. The Hall–Kier alpha value is -0.0105. The molecule has 93 valence electrons. The van der Waals surface area contributed by atoms with Crippen molar-refractivity contribution in [3.05, 3.63) is 0 Å². The van der Waals surface area contributed by atoms with Gasteiger partial charge in [0.05, 0.1) is 0 Å². The molecule has 0 heterocycles. The van der Waals surface area contributed by atoms with E-state index in [2.05, 4.69) is 34.8 Å². The molecule has 0 aliphatic heterocycles. The van der Waals surface area contributed by atoms with E-state index in [4.69, 9.17) is 4.99 Å². The SMILES string of the molecule is CCCN(CCC)C([Se])=NC1CCCCC1. The Morgan fingerprint density at radius 1 is 1.12 bits per heavy atom. The van der Waals surface area contributed by atoms with Crippen molar-refractivity contribution in [1.82, 2.24) is 4.90 Å². The summed E-state index contributed by atoms with van der Waals surface area (Å²) in [5.41, 5.74) is 0. The standard InChI is InChI=1S/C13H25N2Se/c1-3-10-15(11-4-2)13(16)14-12-8-6-5-7-9-12/h12H,3-11H2,1-2H3. The summed E-state index contributed by atoms with van der Waals surface area (Å²) in [5.74, 6) is 0. The van der Waals surface area contributed by atoms with E-state index < -0.39 is 0 Å². The van der Waals surface area contributed by atoms with E-state index in [1.807, 2.05) is 0 Å². The number of nitrogens with zero attached hydrogens (tertiary/aromatic N) is 2. The molecule has 0 bridgehead atoms. The van der Waals surface area contributed by atoms with Crippen molar-refractivity contribution < 1.29 is 0 Å². The maximum absolute atomic E-state index is 4.86. The van der Waals surface area contributed by atoms with Crippen LogP contribution >= 0.6 is 0 Å². The third kappa shape index (κ3) is 4.88. The normalized spacial score (nSPS) is 18.8. The van der Waals surface area contributed by atoms with Crippen LogP contribution in [-0.4, -0.2) is 44.8 Å². The molecule has 1 aliphatic rings. The molecular formula is C13H25N2Se. The molecule has 1 aliphatic carbocycles. The quantitative estimate of drug-likeness (QED) is 0.431. The Kier molecular flexibility index (Phi) is 7.14. The minimum absolute atomic E-state index is 0.584. The zero-order valence-corrected chi connectivity index (χ0v) is 12.5. The number of aliphatic imine (C=N–C) groups is 1. The van der Waals surface area contributed by atoms with Crippen LogP contribution in [0.15, 0.2) is 4.99 Å². The molecule has 0 atom stereocenters. The summed E-state index contributed by atoms with van der Waals surface area (Å²) >= 11 is 3.17. The van der Waals surface area contributed by atoms with Crippen molar-refractivity contribution in [3.8, 4) is 0 Å². The monoisotopic (exact) mass is 289 g/mol. The number of amidine groups is 1. The second-order valence-corrected chi connectivity index (χ2v) is 5.46. The average Bonchev–Trinajstić information content (AvgIpc) is 2.30. The van der Waals surface area contributed by atoms with Gasteiger partial charge in [0.2, 0.25) is 0 Å². The summed E-state index contributed by atoms with van der Waals surface area (Å²) in [5, 5.41) is 0. The first kappa shape index (κ1) is 14.1. The summed E-state index contributed by atoms with van der Waals surface area (Å²) in [7, 11) is 0. The minimum atomic E-state index is 0.584. The van der Waals surface area contributed by atoms with Crippen molar-refractivity contribution in [3.63, 3.8) is 0 Å². The molecule has 0 amide bonds. The molecule has 0 aromatic rings. The van der Waals surface area contributed by atoms with Crippen LogP contribution in [0, 0.1) is 0 Å². The molecule has 0 N–H and O–H groups in total. The summed E-state index contributed by atoms with van der Waals surface area (Å²) in [6.07, 6.45) is 9.11. The summed E-state index contributed by atoms with van der Waals surface area (Å²) < 4.78 is 1.15. The molecule has 1 radical (unpaired) electrons. The van der Waals surface area contributed by atoms with Gasteiger partial charge in [-0.15, -0.1) is 0 Å². The molecule has 3 heteroatoms. The van der Waals surface area contributed by atoms with E-state index in [0.29, 0.717) is 6.04 Å². The van der Waals surface area contributed by atoms with Gasteiger partial charge in [-0.05, 0) is 0 Å². The van der Waals surface area contributed by atoms with Crippen molar-refractivity contribution in [1.29, 1.82) is 0 Å². The molecule has 2 nitrogen and oxygen atoms in total. The van der Waals surface area contributed by atoms with E-state index in [0.717, 1.165) is 17.8 Å². The summed E-state index contributed by atoms with van der Waals surface area (Å²) in [6.45, 7) is 6.73. The Labute approximate surface area is 109 Å². The van der Waals surface area contributed by atoms with Gasteiger partial charge in [0, 0.05) is 0 Å². The molecule has 1 rings (SSSR count). The second kappa shape index (κ2) is 8.14. The van der Waals surface area contributed by atoms with E-state index in [-0.39, 0.29) is 0 Å². The third-order valence-corrected chi connectivity index (χ3v) is 3.89. The predicted octanol–water partition coefficient (Wildman–Crippen LogP) is 2.97. The zero-order valence-electron chi connectivity index (χ0n) is 10.7. The van der Waals surface area contributed by atoms with Gasteiger partial charge in [-0.3, -0.25) is 0 Å². The van der Waals surface area contributed by atoms with Crippen LogP contribution in [0.5, 0.6) is 0 Å². The first-order valence-corrected chi connectivity index (χ1v) is 7.63. The Bertz CT molecular complexity index is 204. The molecule has 0 aromatic carbocycles. The number of hydrogen-bond acceptors (Lipinski definition) is 1. The first-order valence-electron chi connectivity index (χ1n) is 6.77. The van der Waals surface area contributed by atoms with Crippen molar-refractivity contribution in [2.45, 2.75) is 64.8 Å².